The highest BCUT2D eigenvalue weighted by Gasteiger charge is 2.42. The largest absolute Gasteiger partial charge is 0.441 e. The fraction of sp³-hybridized carbons (Fsp3) is 0.778. The molecule has 1 saturated heterocycles. The van der Waals surface area contributed by atoms with Crippen molar-refractivity contribution in [3.8, 4) is 0 Å². The summed E-state index contributed by atoms with van der Waals surface area (Å²) in [5, 5.41) is 2.66. The highest BCUT2D eigenvalue weighted by Crippen LogP contribution is 2.35. The summed E-state index contributed by atoms with van der Waals surface area (Å²) in [5.74, 6) is 0.171. The highest BCUT2D eigenvalue weighted by molar-refractivity contribution is 5.70. The molecule has 0 aromatic heterocycles. The van der Waals surface area contributed by atoms with Gasteiger partial charge in [0.2, 0.25) is 0 Å². The first-order chi connectivity index (χ1) is 6.24. The summed E-state index contributed by atoms with van der Waals surface area (Å²) in [7, 11) is 0. The van der Waals surface area contributed by atoms with Crippen molar-refractivity contribution in [2.24, 2.45) is 5.92 Å². The molecule has 0 radical (unpaired) electrons. The number of alkyl carbamates (subject to hydrolysis) is 1. The van der Waals surface area contributed by atoms with E-state index < -0.39 is 0 Å². The van der Waals surface area contributed by atoms with Crippen LogP contribution in [0.15, 0.2) is 0 Å². The van der Waals surface area contributed by atoms with Crippen LogP contribution >= 0.6 is 0 Å². The standard InChI is InChI=1S/C9H13NO3/c11-5-7-1-3-9(4-2-7)6-10-8(12)13-9/h5,7H,1-4,6H2,(H,10,12)/t7-,9-. The van der Waals surface area contributed by atoms with Gasteiger partial charge >= 0.3 is 6.09 Å². The number of carbonyl (C=O) groups is 2. The van der Waals surface area contributed by atoms with E-state index in [1.807, 2.05) is 0 Å². The van der Waals surface area contributed by atoms with Crippen LogP contribution < -0.4 is 5.32 Å². The molecule has 4 nitrogen and oxygen atoms in total. The average Bonchev–Trinajstić information content (AvgIpc) is 2.49. The van der Waals surface area contributed by atoms with Gasteiger partial charge in [-0.3, -0.25) is 0 Å². The zero-order valence-corrected chi connectivity index (χ0v) is 7.41. The van der Waals surface area contributed by atoms with Crippen LogP contribution in [-0.4, -0.2) is 24.5 Å². The van der Waals surface area contributed by atoms with E-state index in [1.165, 1.54) is 0 Å². The number of carbonyl (C=O) groups excluding carboxylic acids is 2. The number of ether oxygens (including phenoxy) is 1. The molecule has 0 aromatic rings. The summed E-state index contributed by atoms with van der Waals surface area (Å²) < 4.78 is 5.22. The zero-order valence-electron chi connectivity index (χ0n) is 7.41. The third-order valence-electron chi connectivity index (χ3n) is 3.00. The van der Waals surface area contributed by atoms with E-state index in [0.717, 1.165) is 32.0 Å². The summed E-state index contributed by atoms with van der Waals surface area (Å²) in [6, 6.07) is 0. The predicted molar refractivity (Wildman–Crippen MR) is 45.2 cm³/mol. The molecule has 1 saturated carbocycles. The molecule has 13 heavy (non-hydrogen) atoms. The van der Waals surface area contributed by atoms with Gasteiger partial charge in [0.25, 0.3) is 0 Å². The Morgan fingerprint density at radius 3 is 2.62 bits per heavy atom. The Hall–Kier alpha value is -1.06. The lowest BCUT2D eigenvalue weighted by molar-refractivity contribution is -0.113. The van der Waals surface area contributed by atoms with Gasteiger partial charge in [0.15, 0.2) is 0 Å². The van der Waals surface area contributed by atoms with Crippen molar-refractivity contribution in [2.75, 3.05) is 6.54 Å². The van der Waals surface area contributed by atoms with E-state index in [-0.39, 0.29) is 17.6 Å². The second kappa shape index (κ2) is 3.01. The first kappa shape index (κ1) is 8.53. The van der Waals surface area contributed by atoms with Gasteiger partial charge in [-0.05, 0) is 25.7 Å². The maximum Gasteiger partial charge on any atom is 0.407 e. The Balaban J connectivity index is 1.97. The van der Waals surface area contributed by atoms with Gasteiger partial charge in [-0.1, -0.05) is 0 Å². The lowest BCUT2D eigenvalue weighted by Gasteiger charge is -2.32. The summed E-state index contributed by atoms with van der Waals surface area (Å²) in [6.45, 7) is 0.609. The maximum atomic E-state index is 10.9. The predicted octanol–water partition coefficient (Wildman–Crippen LogP) is 0.854. The molecule has 1 aliphatic carbocycles. The molecule has 1 N–H and O–H groups in total. The minimum absolute atomic E-state index is 0.171. The Bertz CT molecular complexity index is 231. The van der Waals surface area contributed by atoms with Crippen LogP contribution in [0, 0.1) is 5.92 Å². The van der Waals surface area contributed by atoms with E-state index in [2.05, 4.69) is 5.32 Å². The molecule has 2 rings (SSSR count). The Kier molecular flexibility index (Phi) is 1.98. The highest BCUT2D eigenvalue weighted by atomic mass is 16.6. The van der Waals surface area contributed by atoms with Gasteiger partial charge < -0.3 is 14.8 Å². The van der Waals surface area contributed by atoms with Crippen LogP contribution in [0.2, 0.25) is 0 Å². The molecule has 1 amide bonds. The second-order valence-electron chi connectivity index (χ2n) is 3.90. The van der Waals surface area contributed by atoms with Gasteiger partial charge in [-0.2, -0.15) is 0 Å². The van der Waals surface area contributed by atoms with Gasteiger partial charge in [0, 0.05) is 5.92 Å². The number of nitrogens with one attached hydrogen (secondary N) is 1. The fourth-order valence-corrected chi connectivity index (χ4v) is 2.08. The molecule has 0 bridgehead atoms. The lowest BCUT2D eigenvalue weighted by Crippen LogP contribution is -2.37. The van der Waals surface area contributed by atoms with Crippen molar-refractivity contribution in [3.63, 3.8) is 0 Å². The van der Waals surface area contributed by atoms with Crippen LogP contribution in [0.3, 0.4) is 0 Å². The van der Waals surface area contributed by atoms with E-state index in [0.29, 0.717) is 6.54 Å². The number of aldehydes is 1. The van der Waals surface area contributed by atoms with Crippen molar-refractivity contribution in [2.45, 2.75) is 31.3 Å². The third-order valence-corrected chi connectivity index (χ3v) is 3.00. The lowest BCUT2D eigenvalue weighted by atomic mass is 9.79. The minimum atomic E-state index is -0.315. The van der Waals surface area contributed by atoms with E-state index >= 15 is 0 Å². The van der Waals surface area contributed by atoms with Crippen LogP contribution in [0.4, 0.5) is 4.79 Å². The molecule has 2 aliphatic rings. The van der Waals surface area contributed by atoms with Gasteiger partial charge in [0.05, 0.1) is 6.54 Å². The van der Waals surface area contributed by atoms with Crippen LogP contribution in [0.25, 0.3) is 0 Å². The molecule has 2 fully saturated rings. The molecule has 4 heteroatoms. The molecule has 1 heterocycles. The first-order valence-electron chi connectivity index (χ1n) is 4.66. The fourth-order valence-electron chi connectivity index (χ4n) is 2.08. The maximum absolute atomic E-state index is 10.9. The average molecular weight is 183 g/mol. The number of hydrogen-bond acceptors (Lipinski definition) is 3. The van der Waals surface area contributed by atoms with Crippen molar-refractivity contribution >= 4 is 12.4 Å². The number of rotatable bonds is 1. The van der Waals surface area contributed by atoms with Crippen LogP contribution in [0.1, 0.15) is 25.7 Å². The smallest absolute Gasteiger partial charge is 0.407 e. The monoisotopic (exact) mass is 183 g/mol. The number of amides is 1. The summed E-state index contributed by atoms with van der Waals surface area (Å²) >= 11 is 0. The minimum Gasteiger partial charge on any atom is -0.441 e. The van der Waals surface area contributed by atoms with Crippen molar-refractivity contribution < 1.29 is 14.3 Å². The van der Waals surface area contributed by atoms with E-state index in [4.69, 9.17) is 4.74 Å². The van der Waals surface area contributed by atoms with Crippen molar-refractivity contribution in [1.29, 1.82) is 0 Å². The molecule has 1 spiro atoms. The Morgan fingerprint density at radius 2 is 2.15 bits per heavy atom. The van der Waals surface area contributed by atoms with E-state index in [1.54, 1.807) is 0 Å². The van der Waals surface area contributed by atoms with E-state index in [9.17, 15) is 9.59 Å². The molecule has 1 aliphatic heterocycles. The van der Waals surface area contributed by atoms with Gasteiger partial charge in [-0.25, -0.2) is 4.79 Å². The molecule has 72 valence electrons. The topological polar surface area (TPSA) is 55.4 Å². The summed E-state index contributed by atoms with van der Waals surface area (Å²) in [6.07, 6.45) is 4.02. The quantitative estimate of drug-likeness (QED) is 0.613. The summed E-state index contributed by atoms with van der Waals surface area (Å²) in [4.78, 5) is 21.4. The third kappa shape index (κ3) is 1.53. The summed E-state index contributed by atoms with van der Waals surface area (Å²) in [5.41, 5.74) is -0.295. The molecule has 0 aromatic carbocycles. The van der Waals surface area contributed by atoms with Crippen LogP contribution in [0.5, 0.6) is 0 Å². The molecular formula is C9H13NO3. The van der Waals surface area contributed by atoms with Crippen LogP contribution in [-0.2, 0) is 9.53 Å². The first-order valence-corrected chi connectivity index (χ1v) is 4.66. The molecule has 0 unspecified atom stereocenters. The zero-order chi connectivity index (χ0) is 9.31. The normalized spacial score (nSPS) is 38.5. The van der Waals surface area contributed by atoms with Crippen molar-refractivity contribution in [3.05, 3.63) is 0 Å². The van der Waals surface area contributed by atoms with Gasteiger partial charge in [-0.15, -0.1) is 0 Å². The Morgan fingerprint density at radius 1 is 1.46 bits per heavy atom. The molecular weight excluding hydrogens is 170 g/mol. The van der Waals surface area contributed by atoms with Gasteiger partial charge in [0.1, 0.15) is 11.9 Å². The second-order valence-corrected chi connectivity index (χ2v) is 3.90. The Labute approximate surface area is 76.6 Å². The number of hydrogen-bond donors (Lipinski definition) is 1. The molecule has 0 atom stereocenters. The SMILES string of the molecule is O=C[C@H]1CC[C@]2(CC1)CNC(=O)O2. The van der Waals surface area contributed by atoms with Crippen molar-refractivity contribution in [1.82, 2.24) is 5.32 Å².